The molecule has 0 amide bonds. The van der Waals surface area contributed by atoms with Crippen LogP contribution in [0.4, 0.5) is 0 Å². The van der Waals surface area contributed by atoms with Crippen molar-refractivity contribution in [3.63, 3.8) is 0 Å². The van der Waals surface area contributed by atoms with Gasteiger partial charge in [-0.3, -0.25) is 4.79 Å². The van der Waals surface area contributed by atoms with Gasteiger partial charge in [-0.05, 0) is 36.8 Å². The fourth-order valence-electron chi connectivity index (χ4n) is 3.23. The molecule has 0 fully saturated rings. The molecule has 0 aromatic heterocycles. The first-order valence-corrected chi connectivity index (χ1v) is 9.16. The smallest absolute Gasteiger partial charge is 0.308 e. The van der Waals surface area contributed by atoms with Gasteiger partial charge in [-0.1, -0.05) is 53.4 Å². The Hall–Kier alpha value is -0.870. The Bertz CT molecular complexity index is 391. The number of methoxy groups -OCH3 is 1. The number of rotatable bonds is 10. The summed E-state index contributed by atoms with van der Waals surface area (Å²) in [5.41, 5.74) is 0.792. The van der Waals surface area contributed by atoms with Crippen LogP contribution in [0.5, 0.6) is 0 Å². The summed E-state index contributed by atoms with van der Waals surface area (Å²) in [7, 11) is 1.40. The average molecular weight is 326 g/mol. The van der Waals surface area contributed by atoms with E-state index in [9.17, 15) is 4.79 Å². The molecule has 4 nitrogen and oxygen atoms in total. The molecule has 0 spiro atoms. The van der Waals surface area contributed by atoms with Crippen molar-refractivity contribution < 1.29 is 19.3 Å². The molecule has 0 saturated heterocycles. The summed E-state index contributed by atoms with van der Waals surface area (Å²) in [6, 6.07) is 0. The number of esters is 1. The van der Waals surface area contributed by atoms with Gasteiger partial charge in [-0.15, -0.1) is 0 Å². The van der Waals surface area contributed by atoms with Crippen molar-refractivity contribution in [3.8, 4) is 0 Å². The first kappa shape index (κ1) is 20.2. The fourth-order valence-corrected chi connectivity index (χ4v) is 3.23. The third kappa shape index (κ3) is 5.92. The summed E-state index contributed by atoms with van der Waals surface area (Å²) in [4.78, 5) is 23.0. The Morgan fingerprint density at radius 1 is 1.35 bits per heavy atom. The van der Waals surface area contributed by atoms with Gasteiger partial charge in [-0.25, -0.2) is 9.78 Å². The first-order chi connectivity index (χ1) is 11.0. The Labute approximate surface area is 141 Å². The maximum absolute atomic E-state index is 11.5. The number of carbonyl (C=O) groups is 1. The van der Waals surface area contributed by atoms with E-state index in [1.165, 1.54) is 26.4 Å². The lowest BCUT2D eigenvalue weighted by Gasteiger charge is -2.38. The molecule has 1 rings (SSSR count). The Balaban J connectivity index is 2.85. The van der Waals surface area contributed by atoms with Gasteiger partial charge in [0.2, 0.25) is 0 Å². The summed E-state index contributed by atoms with van der Waals surface area (Å²) < 4.78 is 4.75. The van der Waals surface area contributed by atoms with Crippen LogP contribution in [0.25, 0.3) is 0 Å². The minimum atomic E-state index is -0.355. The predicted molar refractivity (Wildman–Crippen MR) is 91.9 cm³/mol. The van der Waals surface area contributed by atoms with Crippen molar-refractivity contribution in [1.29, 1.82) is 0 Å². The number of unbranched alkanes of at least 4 members (excludes halogenated alkanes) is 1. The summed E-state index contributed by atoms with van der Waals surface area (Å²) in [6.07, 6.45) is 9.71. The molecule has 0 radical (unpaired) electrons. The van der Waals surface area contributed by atoms with E-state index in [1.54, 1.807) is 0 Å². The molecule has 3 atom stereocenters. The highest BCUT2D eigenvalue weighted by Crippen LogP contribution is 2.37. The third-order valence-corrected chi connectivity index (χ3v) is 4.96. The number of hydrogen-bond acceptors (Lipinski definition) is 4. The summed E-state index contributed by atoms with van der Waals surface area (Å²) >= 11 is 0. The number of carbonyl (C=O) groups excluding carboxylic acids is 1. The van der Waals surface area contributed by atoms with Gasteiger partial charge >= 0.3 is 5.97 Å². The molecule has 0 N–H and O–H groups in total. The van der Waals surface area contributed by atoms with Crippen LogP contribution < -0.4 is 0 Å². The molecule has 0 aromatic rings. The van der Waals surface area contributed by atoms with Gasteiger partial charge in [0, 0.05) is 0 Å². The van der Waals surface area contributed by atoms with Gasteiger partial charge in [0.25, 0.3) is 0 Å². The zero-order valence-electron chi connectivity index (χ0n) is 15.5. The molecule has 0 saturated carbocycles. The Morgan fingerprint density at radius 3 is 2.61 bits per heavy atom. The molecule has 4 heteroatoms. The maximum atomic E-state index is 11.5. The van der Waals surface area contributed by atoms with E-state index in [4.69, 9.17) is 14.5 Å². The standard InChI is InChI=1S/C19H34O4/c1-6-10-11-15(7-2)13-19(9-4)14-16(8-3)17(22-23-19)12-18(20)21-5/h14-15,17H,6-13H2,1-5H3/t15-,17+,19-/m0/s1. The van der Waals surface area contributed by atoms with Crippen molar-refractivity contribution in [1.82, 2.24) is 0 Å². The fraction of sp³-hybridized carbons (Fsp3) is 0.842. The largest absolute Gasteiger partial charge is 0.469 e. The zero-order chi connectivity index (χ0) is 17.3. The van der Waals surface area contributed by atoms with E-state index in [2.05, 4.69) is 33.8 Å². The van der Waals surface area contributed by atoms with Crippen LogP contribution in [0.1, 0.15) is 79.1 Å². The van der Waals surface area contributed by atoms with Crippen LogP contribution >= 0.6 is 0 Å². The maximum Gasteiger partial charge on any atom is 0.308 e. The summed E-state index contributed by atoms with van der Waals surface area (Å²) in [6.45, 7) is 8.72. The van der Waals surface area contributed by atoms with Gasteiger partial charge in [0.15, 0.2) is 0 Å². The molecular weight excluding hydrogens is 292 g/mol. The van der Waals surface area contributed by atoms with Crippen molar-refractivity contribution in [2.45, 2.75) is 90.8 Å². The molecule has 1 aliphatic rings. The van der Waals surface area contributed by atoms with Crippen molar-refractivity contribution >= 4 is 5.97 Å². The molecule has 1 aliphatic heterocycles. The molecule has 23 heavy (non-hydrogen) atoms. The van der Waals surface area contributed by atoms with Crippen LogP contribution in [0.15, 0.2) is 11.6 Å². The molecule has 0 bridgehead atoms. The molecule has 134 valence electrons. The monoisotopic (exact) mass is 326 g/mol. The van der Waals surface area contributed by atoms with Crippen molar-refractivity contribution in [2.24, 2.45) is 5.92 Å². The van der Waals surface area contributed by atoms with E-state index in [1.807, 2.05) is 0 Å². The highest BCUT2D eigenvalue weighted by atomic mass is 17.2. The quantitative estimate of drug-likeness (QED) is 0.323. The number of hydrogen-bond donors (Lipinski definition) is 0. The van der Waals surface area contributed by atoms with Crippen LogP contribution in [0, 0.1) is 5.92 Å². The highest BCUT2D eigenvalue weighted by Gasteiger charge is 2.38. The Morgan fingerprint density at radius 2 is 2.09 bits per heavy atom. The van der Waals surface area contributed by atoms with Gasteiger partial charge in [-0.2, -0.15) is 0 Å². The minimum absolute atomic E-state index is 0.211. The third-order valence-electron chi connectivity index (χ3n) is 4.96. The lowest BCUT2D eigenvalue weighted by atomic mass is 9.81. The summed E-state index contributed by atoms with van der Waals surface area (Å²) in [5, 5.41) is 0. The first-order valence-electron chi connectivity index (χ1n) is 9.16. The van der Waals surface area contributed by atoms with Gasteiger partial charge in [0.1, 0.15) is 11.7 Å². The lowest BCUT2D eigenvalue weighted by Crippen LogP contribution is -2.40. The molecule has 0 aliphatic carbocycles. The van der Waals surface area contributed by atoms with Crippen LogP contribution in [-0.4, -0.2) is 24.8 Å². The van der Waals surface area contributed by atoms with Gasteiger partial charge in [0.05, 0.1) is 13.5 Å². The SMILES string of the molecule is CCCC[C@H](CC)C[C@@]1(CC)C=C(CC)[C@@H](CC(=O)OC)OO1. The topological polar surface area (TPSA) is 44.8 Å². The highest BCUT2D eigenvalue weighted by molar-refractivity contribution is 5.70. The molecular formula is C19H34O4. The van der Waals surface area contributed by atoms with E-state index >= 15 is 0 Å². The minimum Gasteiger partial charge on any atom is -0.469 e. The second kappa shape index (κ2) is 10.1. The Kier molecular flexibility index (Phi) is 8.85. The lowest BCUT2D eigenvalue weighted by molar-refractivity contribution is -0.379. The second-order valence-corrected chi connectivity index (χ2v) is 6.56. The van der Waals surface area contributed by atoms with E-state index in [0.717, 1.165) is 31.3 Å². The average Bonchev–Trinajstić information content (AvgIpc) is 2.59. The molecule has 0 aromatic carbocycles. The van der Waals surface area contributed by atoms with Crippen LogP contribution in [0.2, 0.25) is 0 Å². The van der Waals surface area contributed by atoms with E-state index < -0.39 is 0 Å². The van der Waals surface area contributed by atoms with Crippen LogP contribution in [0.3, 0.4) is 0 Å². The number of ether oxygens (including phenoxy) is 1. The normalized spacial score (nSPS) is 25.8. The molecule has 0 unspecified atom stereocenters. The zero-order valence-corrected chi connectivity index (χ0v) is 15.5. The predicted octanol–water partition coefficient (Wildman–Crippen LogP) is 4.97. The van der Waals surface area contributed by atoms with Crippen molar-refractivity contribution in [3.05, 3.63) is 11.6 Å². The van der Waals surface area contributed by atoms with E-state index in [-0.39, 0.29) is 24.1 Å². The van der Waals surface area contributed by atoms with E-state index in [0.29, 0.717) is 5.92 Å². The molecule has 1 heterocycles. The summed E-state index contributed by atoms with van der Waals surface area (Å²) in [5.74, 6) is 0.376. The van der Waals surface area contributed by atoms with Gasteiger partial charge < -0.3 is 4.74 Å². The van der Waals surface area contributed by atoms with Crippen LogP contribution in [-0.2, 0) is 19.3 Å². The van der Waals surface area contributed by atoms with Crippen molar-refractivity contribution in [2.75, 3.05) is 7.11 Å². The second-order valence-electron chi connectivity index (χ2n) is 6.56.